The zero-order valence-electron chi connectivity index (χ0n) is 44.0. The Balaban J connectivity index is 4.41. The lowest BCUT2D eigenvalue weighted by molar-refractivity contribution is -0.167. The van der Waals surface area contributed by atoms with Crippen LogP contribution >= 0.6 is 0 Å². The van der Waals surface area contributed by atoms with Crippen LogP contribution in [0.25, 0.3) is 0 Å². The van der Waals surface area contributed by atoms with Gasteiger partial charge in [0, 0.05) is 19.3 Å². The van der Waals surface area contributed by atoms with Crippen LogP contribution < -0.4 is 0 Å². The third-order valence-corrected chi connectivity index (χ3v) is 10.8. The largest absolute Gasteiger partial charge is 0.462 e. The average Bonchev–Trinajstić information content (AvgIpc) is 3.35. The maximum Gasteiger partial charge on any atom is 0.306 e. The second-order valence-corrected chi connectivity index (χ2v) is 17.4. The van der Waals surface area contributed by atoms with Gasteiger partial charge in [-0.15, -0.1) is 0 Å². The van der Waals surface area contributed by atoms with Gasteiger partial charge in [0.05, 0.1) is 0 Å². The highest BCUT2D eigenvalue weighted by Crippen LogP contribution is 2.12. The van der Waals surface area contributed by atoms with E-state index in [0.29, 0.717) is 12.8 Å². The Labute approximate surface area is 423 Å². The Morgan fingerprint density at radius 2 is 0.580 bits per heavy atom. The van der Waals surface area contributed by atoms with Crippen LogP contribution in [-0.4, -0.2) is 37.2 Å². The second kappa shape index (κ2) is 55.9. The first kappa shape index (κ1) is 64.3. The fourth-order valence-corrected chi connectivity index (χ4v) is 6.81. The SMILES string of the molecule is CC/C=C\C/C=C\C/C=C\C/C=C\C/C=C\C/C=C\C/C=C\CCCC(=O)OCC(COC(=O)CCCCCCCCC)OC(=O)CCCCCCC/C=C\C/C=C\C/C=C\C/C=C\C/C=C\CC. The Hall–Kier alpha value is -4.71. The van der Waals surface area contributed by atoms with E-state index in [1.165, 1.54) is 25.7 Å². The van der Waals surface area contributed by atoms with Crippen molar-refractivity contribution in [2.24, 2.45) is 0 Å². The van der Waals surface area contributed by atoms with Gasteiger partial charge in [0.25, 0.3) is 0 Å². The quantitative estimate of drug-likeness (QED) is 0.0262. The number of esters is 3. The molecule has 0 aliphatic heterocycles. The van der Waals surface area contributed by atoms with Gasteiger partial charge in [0.1, 0.15) is 13.2 Å². The summed E-state index contributed by atoms with van der Waals surface area (Å²) in [6.45, 7) is 6.28. The number of hydrogen-bond donors (Lipinski definition) is 0. The van der Waals surface area contributed by atoms with E-state index < -0.39 is 6.10 Å². The van der Waals surface area contributed by atoms with Gasteiger partial charge in [0.2, 0.25) is 0 Å². The lowest BCUT2D eigenvalue weighted by Gasteiger charge is -2.18. The number of rotatable bonds is 47. The highest BCUT2D eigenvalue weighted by molar-refractivity contribution is 5.71. The Morgan fingerprint density at radius 1 is 0.304 bits per heavy atom. The van der Waals surface area contributed by atoms with Gasteiger partial charge >= 0.3 is 17.9 Å². The van der Waals surface area contributed by atoms with E-state index in [1.54, 1.807) is 0 Å². The molecule has 0 radical (unpaired) electrons. The van der Waals surface area contributed by atoms with Crippen molar-refractivity contribution in [1.82, 2.24) is 0 Å². The van der Waals surface area contributed by atoms with Crippen molar-refractivity contribution >= 4 is 17.9 Å². The summed E-state index contributed by atoms with van der Waals surface area (Å²) < 4.78 is 16.7. The molecule has 69 heavy (non-hydrogen) atoms. The molecule has 0 saturated heterocycles. The number of carbonyl (C=O) groups excluding carboxylic acids is 3. The van der Waals surface area contributed by atoms with E-state index in [1.807, 2.05) is 0 Å². The molecular weight excluding hydrogens is 853 g/mol. The third-order valence-electron chi connectivity index (χ3n) is 10.8. The minimum absolute atomic E-state index is 0.110. The fraction of sp³-hybridized carbons (Fsp3) is 0.571. The monoisotopic (exact) mass is 951 g/mol. The van der Waals surface area contributed by atoms with E-state index in [4.69, 9.17) is 14.2 Å². The lowest BCUT2D eigenvalue weighted by Crippen LogP contribution is -2.30. The second-order valence-electron chi connectivity index (χ2n) is 17.4. The van der Waals surface area contributed by atoms with E-state index in [0.717, 1.165) is 141 Å². The highest BCUT2D eigenvalue weighted by Gasteiger charge is 2.19. The Morgan fingerprint density at radius 3 is 0.942 bits per heavy atom. The molecule has 0 N–H and O–H groups in total. The minimum atomic E-state index is -0.816. The van der Waals surface area contributed by atoms with Crippen molar-refractivity contribution in [2.75, 3.05) is 13.2 Å². The predicted octanol–water partition coefficient (Wildman–Crippen LogP) is 18.4. The van der Waals surface area contributed by atoms with Crippen LogP contribution in [-0.2, 0) is 28.6 Å². The zero-order valence-corrected chi connectivity index (χ0v) is 44.0. The van der Waals surface area contributed by atoms with Crippen molar-refractivity contribution in [3.63, 3.8) is 0 Å². The smallest absolute Gasteiger partial charge is 0.306 e. The summed E-state index contributed by atoms with van der Waals surface area (Å²) in [7, 11) is 0. The molecule has 386 valence electrons. The van der Waals surface area contributed by atoms with E-state index in [9.17, 15) is 14.4 Å². The molecule has 0 aromatic heterocycles. The van der Waals surface area contributed by atoms with E-state index in [2.05, 4.69) is 167 Å². The third kappa shape index (κ3) is 54.1. The summed E-state index contributed by atoms with van der Waals surface area (Å²) in [6.07, 6.45) is 80.0. The molecule has 0 amide bonds. The molecule has 0 aromatic rings. The van der Waals surface area contributed by atoms with Crippen LogP contribution in [0.4, 0.5) is 0 Å². The van der Waals surface area contributed by atoms with Crippen molar-refractivity contribution in [3.8, 4) is 0 Å². The van der Waals surface area contributed by atoms with E-state index in [-0.39, 0.29) is 44.0 Å². The minimum Gasteiger partial charge on any atom is -0.462 e. The summed E-state index contributed by atoms with van der Waals surface area (Å²) in [6, 6.07) is 0. The summed E-state index contributed by atoms with van der Waals surface area (Å²) >= 11 is 0. The van der Waals surface area contributed by atoms with E-state index >= 15 is 0 Å². The van der Waals surface area contributed by atoms with Gasteiger partial charge in [-0.1, -0.05) is 224 Å². The van der Waals surface area contributed by atoms with Crippen molar-refractivity contribution < 1.29 is 28.6 Å². The summed E-state index contributed by atoms with van der Waals surface area (Å²) in [5.74, 6) is -1.01. The first-order valence-corrected chi connectivity index (χ1v) is 27.3. The predicted molar refractivity (Wildman–Crippen MR) is 297 cm³/mol. The van der Waals surface area contributed by atoms with Crippen molar-refractivity contribution in [2.45, 2.75) is 219 Å². The van der Waals surface area contributed by atoms with Crippen LogP contribution in [0, 0.1) is 0 Å². The molecule has 1 atom stereocenters. The Kier molecular flexibility index (Phi) is 52.1. The van der Waals surface area contributed by atoms with Gasteiger partial charge in [-0.2, -0.15) is 0 Å². The van der Waals surface area contributed by atoms with Crippen molar-refractivity contribution in [3.05, 3.63) is 146 Å². The molecule has 0 aliphatic rings. The molecule has 0 rings (SSSR count). The maximum absolute atomic E-state index is 12.8. The van der Waals surface area contributed by atoms with Crippen LogP contribution in [0.15, 0.2) is 146 Å². The molecule has 1 unspecified atom stereocenters. The number of ether oxygens (including phenoxy) is 3. The topological polar surface area (TPSA) is 78.9 Å². The molecule has 0 bridgehead atoms. The molecule has 0 saturated carbocycles. The lowest BCUT2D eigenvalue weighted by atomic mass is 10.1. The number of hydrogen-bond acceptors (Lipinski definition) is 6. The normalized spacial score (nSPS) is 13.3. The number of carbonyl (C=O) groups is 3. The molecule has 0 fully saturated rings. The van der Waals surface area contributed by atoms with Crippen molar-refractivity contribution in [1.29, 1.82) is 0 Å². The molecule has 0 spiro atoms. The standard InChI is InChI=1S/C63H98O6/c1-4-7-10-13-16-18-20-22-24-26-28-30-31-33-34-36-38-40-42-44-47-50-53-56-62(65)68-59-60(58-67-61(64)55-52-49-46-15-12-9-6-3)69-63(66)57-54-51-48-45-43-41-39-37-35-32-29-27-25-23-21-19-17-14-11-8-5-2/h7-8,10-11,16-19,22-25,28-30,32-34,37-40,44,47,60H,4-6,9,12-15,20-21,26-27,31,35-36,41-43,45-46,48-59H2,1-3H3/b10-7-,11-8-,18-16-,19-17-,24-22-,25-23-,30-28-,32-29-,34-33-,39-37-,40-38-,47-44-. The summed E-state index contributed by atoms with van der Waals surface area (Å²) in [5, 5.41) is 0. The molecule has 0 aliphatic carbocycles. The van der Waals surface area contributed by atoms with Crippen LogP contribution in [0.5, 0.6) is 0 Å². The molecule has 6 nitrogen and oxygen atoms in total. The van der Waals surface area contributed by atoms with Gasteiger partial charge in [-0.25, -0.2) is 0 Å². The zero-order chi connectivity index (χ0) is 50.0. The number of allylic oxidation sites excluding steroid dienone is 24. The molecular formula is C63H98O6. The first-order valence-electron chi connectivity index (χ1n) is 27.3. The number of unbranched alkanes of at least 4 members (excludes halogenated alkanes) is 12. The Bertz CT molecular complexity index is 1560. The molecule has 0 aromatic carbocycles. The molecule has 6 heteroatoms. The maximum atomic E-state index is 12.8. The van der Waals surface area contributed by atoms with Gasteiger partial charge in [-0.3, -0.25) is 14.4 Å². The summed E-state index contributed by atoms with van der Waals surface area (Å²) in [4.78, 5) is 37.9. The van der Waals surface area contributed by atoms with Gasteiger partial charge in [0.15, 0.2) is 6.10 Å². The van der Waals surface area contributed by atoms with Crippen LogP contribution in [0.3, 0.4) is 0 Å². The summed E-state index contributed by atoms with van der Waals surface area (Å²) in [5.41, 5.74) is 0. The molecule has 0 heterocycles. The van der Waals surface area contributed by atoms with Crippen LogP contribution in [0.2, 0.25) is 0 Å². The average molecular weight is 951 g/mol. The fourth-order valence-electron chi connectivity index (χ4n) is 6.81. The van der Waals surface area contributed by atoms with Crippen LogP contribution in [0.1, 0.15) is 213 Å². The van der Waals surface area contributed by atoms with Gasteiger partial charge in [-0.05, 0) is 116 Å². The first-order chi connectivity index (χ1) is 34.0. The van der Waals surface area contributed by atoms with Gasteiger partial charge < -0.3 is 14.2 Å². The highest BCUT2D eigenvalue weighted by atomic mass is 16.6.